The van der Waals surface area contributed by atoms with E-state index in [9.17, 15) is 22.8 Å². The molecule has 2 heterocycles. The van der Waals surface area contributed by atoms with Crippen molar-refractivity contribution in [2.75, 3.05) is 5.32 Å². The van der Waals surface area contributed by atoms with E-state index < -0.39 is 40.0 Å². The summed E-state index contributed by atoms with van der Waals surface area (Å²) in [5.74, 6) is -2.00. The van der Waals surface area contributed by atoms with Gasteiger partial charge in [0, 0.05) is 10.4 Å². The van der Waals surface area contributed by atoms with Crippen LogP contribution < -0.4 is 15.8 Å². The number of nitrogens with zero attached hydrogens (tertiary/aromatic N) is 1. The van der Waals surface area contributed by atoms with Gasteiger partial charge in [-0.15, -0.1) is 11.3 Å². The molecule has 174 valence electrons. The van der Waals surface area contributed by atoms with Gasteiger partial charge in [0.15, 0.2) is 6.10 Å². The minimum atomic E-state index is -3.74. The molecule has 2 aromatic rings. The summed E-state index contributed by atoms with van der Waals surface area (Å²) < 4.78 is 31.9. The highest BCUT2D eigenvalue weighted by atomic mass is 32.2. The number of ether oxygens (including phenoxy) is 1. The molecule has 0 spiro atoms. The van der Waals surface area contributed by atoms with Gasteiger partial charge in [0.2, 0.25) is 0 Å². The summed E-state index contributed by atoms with van der Waals surface area (Å²) in [5.41, 5.74) is 7.04. The van der Waals surface area contributed by atoms with Crippen LogP contribution in [-0.4, -0.2) is 44.2 Å². The number of hydrogen-bond acceptors (Lipinski definition) is 8. The molecule has 10 nitrogen and oxygen atoms in total. The van der Waals surface area contributed by atoms with E-state index in [4.69, 9.17) is 10.5 Å². The minimum absolute atomic E-state index is 0.0337. The molecule has 0 bridgehead atoms. The molecular weight excluding hydrogens is 468 g/mol. The summed E-state index contributed by atoms with van der Waals surface area (Å²) in [5, 5.41) is 2.99. The number of aliphatic imine (C=N–C) groups is 1. The van der Waals surface area contributed by atoms with E-state index in [1.807, 2.05) is 0 Å². The fraction of sp³-hybridized carbons (Fsp3) is 0.333. The van der Waals surface area contributed by atoms with Gasteiger partial charge in [-0.1, -0.05) is 12.1 Å². The Bertz CT molecular complexity index is 1300. The Balaban J connectivity index is 1.44. The molecule has 0 radical (unpaired) electrons. The Labute approximate surface area is 194 Å². The van der Waals surface area contributed by atoms with Crippen molar-refractivity contribution in [1.29, 1.82) is 0 Å². The van der Waals surface area contributed by atoms with E-state index in [2.05, 4.69) is 15.0 Å². The van der Waals surface area contributed by atoms with E-state index in [1.165, 1.54) is 31.3 Å². The van der Waals surface area contributed by atoms with Crippen molar-refractivity contribution in [1.82, 2.24) is 4.72 Å². The third-order valence-electron chi connectivity index (χ3n) is 5.39. The average molecular weight is 491 g/mol. The number of hydrogen-bond donors (Lipinski definition) is 3. The maximum absolute atomic E-state index is 12.6. The molecule has 2 aliphatic rings. The van der Waals surface area contributed by atoms with Crippen LogP contribution >= 0.6 is 11.3 Å². The number of esters is 1. The van der Waals surface area contributed by atoms with Gasteiger partial charge in [-0.05, 0) is 50.8 Å². The Morgan fingerprint density at radius 3 is 2.67 bits per heavy atom. The third-order valence-corrected chi connectivity index (χ3v) is 8.00. The van der Waals surface area contributed by atoms with Crippen LogP contribution in [0, 0.1) is 0 Å². The molecule has 33 heavy (non-hydrogen) atoms. The van der Waals surface area contributed by atoms with Crippen LogP contribution in [0.2, 0.25) is 0 Å². The van der Waals surface area contributed by atoms with Gasteiger partial charge in [-0.25, -0.2) is 13.2 Å². The van der Waals surface area contributed by atoms with Crippen LogP contribution in [0.5, 0.6) is 0 Å². The number of thiophene rings is 1. The topological polar surface area (TPSA) is 157 Å². The van der Waals surface area contributed by atoms with Crippen LogP contribution in [0.1, 0.15) is 46.6 Å². The molecule has 1 aromatic heterocycles. The third kappa shape index (κ3) is 4.35. The van der Waals surface area contributed by atoms with Gasteiger partial charge < -0.3 is 15.8 Å². The number of amides is 2. The molecule has 4 rings (SSSR count). The van der Waals surface area contributed by atoms with Crippen molar-refractivity contribution in [3.63, 3.8) is 0 Å². The van der Waals surface area contributed by atoms with E-state index in [0.29, 0.717) is 16.1 Å². The molecule has 1 aliphatic carbocycles. The van der Waals surface area contributed by atoms with Crippen molar-refractivity contribution in [3.8, 4) is 0 Å². The Hall–Kier alpha value is -3.25. The maximum Gasteiger partial charge on any atom is 0.331 e. The van der Waals surface area contributed by atoms with Gasteiger partial charge in [0.25, 0.3) is 21.8 Å². The largest absolute Gasteiger partial charge is 0.451 e. The summed E-state index contributed by atoms with van der Waals surface area (Å²) in [6.45, 7) is 2.83. The lowest BCUT2D eigenvalue weighted by Gasteiger charge is -2.15. The Kier molecular flexibility index (Phi) is 5.97. The smallest absolute Gasteiger partial charge is 0.331 e. The van der Waals surface area contributed by atoms with Gasteiger partial charge in [0.1, 0.15) is 16.9 Å². The first kappa shape index (κ1) is 22.9. The summed E-state index contributed by atoms with van der Waals surface area (Å²) in [6, 6.07) is 5.19. The number of amidine groups is 1. The van der Waals surface area contributed by atoms with Gasteiger partial charge >= 0.3 is 5.97 Å². The number of nitrogens with two attached hydrogens (primary N) is 1. The molecule has 1 unspecified atom stereocenters. The molecule has 2 amide bonds. The van der Waals surface area contributed by atoms with Crippen molar-refractivity contribution < 1.29 is 27.5 Å². The molecule has 1 aromatic carbocycles. The lowest BCUT2D eigenvalue weighted by atomic mass is 10.1. The van der Waals surface area contributed by atoms with Crippen molar-refractivity contribution >= 4 is 50.0 Å². The zero-order chi connectivity index (χ0) is 23.9. The standard InChI is InChI=1S/C21H22N4O6S2/c1-10(23-18-13-6-3-4-9-15(13)33(29,30)25-18)21(28)31-11(2)19(27)24-20-16(17(22)26)12-7-5-8-14(12)32-20/h3-4,6,9-11H,5,7-8H2,1-2H3,(H2,22,26)(H,23,25)(H,24,27)/t10-,11?/m0/s1. The number of fused-ring (bicyclic) bond motifs is 2. The predicted octanol–water partition coefficient (Wildman–Crippen LogP) is 1.33. The first-order valence-electron chi connectivity index (χ1n) is 10.2. The van der Waals surface area contributed by atoms with Crippen molar-refractivity contribution in [2.45, 2.75) is 50.2 Å². The quantitative estimate of drug-likeness (QED) is 0.519. The second kappa shape index (κ2) is 8.60. The molecule has 12 heteroatoms. The Morgan fingerprint density at radius 1 is 1.21 bits per heavy atom. The number of carbonyl (C=O) groups excluding carboxylic acids is 3. The van der Waals surface area contributed by atoms with Crippen LogP contribution in [0.4, 0.5) is 5.00 Å². The Morgan fingerprint density at radius 2 is 1.94 bits per heavy atom. The molecule has 1 aliphatic heterocycles. The second-order valence-electron chi connectivity index (χ2n) is 7.75. The predicted molar refractivity (Wildman–Crippen MR) is 122 cm³/mol. The number of nitrogens with one attached hydrogen (secondary N) is 2. The highest BCUT2D eigenvalue weighted by Crippen LogP contribution is 2.38. The van der Waals surface area contributed by atoms with E-state index in [1.54, 1.807) is 18.2 Å². The van der Waals surface area contributed by atoms with Gasteiger partial charge in [0.05, 0.1) is 10.5 Å². The van der Waals surface area contributed by atoms with E-state index in [0.717, 1.165) is 29.7 Å². The van der Waals surface area contributed by atoms with E-state index in [-0.39, 0.29) is 10.7 Å². The summed E-state index contributed by atoms with van der Waals surface area (Å²) in [6.07, 6.45) is 1.32. The molecule has 4 N–H and O–H groups in total. The molecule has 2 atom stereocenters. The van der Waals surface area contributed by atoms with Crippen LogP contribution in [-0.2, 0) is 37.2 Å². The summed E-state index contributed by atoms with van der Waals surface area (Å²) in [7, 11) is -3.74. The van der Waals surface area contributed by atoms with E-state index >= 15 is 0 Å². The average Bonchev–Trinajstić information content (AvgIpc) is 3.39. The lowest BCUT2D eigenvalue weighted by molar-refractivity contribution is -0.153. The zero-order valence-electron chi connectivity index (χ0n) is 17.9. The second-order valence-corrected chi connectivity index (χ2v) is 10.5. The SMILES string of the molecule is CC(OC(=O)[C@H](C)N=C1NS(=O)(=O)c2ccccc21)C(=O)Nc1sc2c(c1C(N)=O)CCC2. The fourth-order valence-corrected chi connectivity index (χ4v) is 6.31. The normalized spacial score (nSPS) is 18.7. The number of carbonyl (C=O) groups is 3. The van der Waals surface area contributed by atoms with Crippen molar-refractivity contribution in [2.24, 2.45) is 10.7 Å². The molecule has 0 fully saturated rings. The highest BCUT2D eigenvalue weighted by Gasteiger charge is 2.32. The zero-order valence-corrected chi connectivity index (χ0v) is 19.5. The summed E-state index contributed by atoms with van der Waals surface area (Å²) in [4.78, 5) is 42.2. The molecular formula is C21H22N4O6S2. The maximum atomic E-state index is 12.6. The minimum Gasteiger partial charge on any atom is -0.451 e. The number of rotatable bonds is 6. The fourth-order valence-electron chi connectivity index (χ4n) is 3.77. The monoisotopic (exact) mass is 490 g/mol. The van der Waals surface area contributed by atoms with Crippen molar-refractivity contribution in [3.05, 3.63) is 45.8 Å². The van der Waals surface area contributed by atoms with Crippen LogP contribution in [0.15, 0.2) is 34.2 Å². The molecule has 0 saturated carbocycles. The number of benzene rings is 1. The van der Waals surface area contributed by atoms with Crippen LogP contribution in [0.3, 0.4) is 0 Å². The lowest BCUT2D eigenvalue weighted by Crippen LogP contribution is -2.34. The van der Waals surface area contributed by atoms with Crippen LogP contribution in [0.25, 0.3) is 0 Å². The van der Waals surface area contributed by atoms with Gasteiger partial charge in [-0.2, -0.15) is 0 Å². The number of aryl methyl sites for hydroxylation is 1. The molecule has 0 saturated heterocycles. The van der Waals surface area contributed by atoms with Gasteiger partial charge in [-0.3, -0.25) is 19.3 Å². The summed E-state index contributed by atoms with van der Waals surface area (Å²) >= 11 is 1.30. The number of sulfonamides is 1. The number of primary amides is 1. The highest BCUT2D eigenvalue weighted by molar-refractivity contribution is 7.90. The number of anilines is 1. The first-order chi connectivity index (χ1) is 15.6. The first-order valence-corrected chi connectivity index (χ1v) is 12.5.